The number of rotatable bonds is 1. The number of amidine groups is 2. The van der Waals surface area contributed by atoms with Crippen LogP contribution in [0.3, 0.4) is 0 Å². The molecule has 0 aromatic heterocycles. The minimum absolute atomic E-state index is 0.152. The van der Waals surface area contributed by atoms with Gasteiger partial charge in [-0.25, -0.2) is 4.99 Å². The van der Waals surface area contributed by atoms with Crippen molar-refractivity contribution in [2.24, 2.45) is 32.5 Å². The van der Waals surface area contributed by atoms with Crippen molar-refractivity contribution in [1.82, 2.24) is 9.91 Å². The number of ether oxygens (including phenoxy) is 1. The maximum absolute atomic E-state index is 6.05. The molecule has 3 heterocycles. The SMILES string of the molecule is CC.CCN1N=C(N)C2C(N)=NC(N3CCOCC3)=NC21. The molecule has 3 aliphatic heterocycles. The summed E-state index contributed by atoms with van der Waals surface area (Å²) in [7, 11) is 0. The van der Waals surface area contributed by atoms with Crippen LogP contribution in [0.5, 0.6) is 0 Å². The average molecular weight is 295 g/mol. The van der Waals surface area contributed by atoms with Crippen molar-refractivity contribution >= 4 is 17.6 Å². The third-order valence-corrected chi connectivity index (χ3v) is 3.58. The van der Waals surface area contributed by atoms with Gasteiger partial charge in [0, 0.05) is 19.6 Å². The molecule has 3 aliphatic rings. The molecule has 2 atom stereocenters. The normalized spacial score (nSPS) is 28.0. The number of nitrogens with two attached hydrogens (primary N) is 2. The molecule has 21 heavy (non-hydrogen) atoms. The van der Waals surface area contributed by atoms with Crippen molar-refractivity contribution in [2.75, 3.05) is 32.8 Å². The minimum Gasteiger partial charge on any atom is -0.386 e. The van der Waals surface area contributed by atoms with Crippen molar-refractivity contribution in [2.45, 2.75) is 26.9 Å². The topological polar surface area (TPSA) is 105 Å². The summed E-state index contributed by atoms with van der Waals surface area (Å²) < 4.78 is 5.33. The summed E-state index contributed by atoms with van der Waals surface area (Å²) in [4.78, 5) is 11.2. The van der Waals surface area contributed by atoms with Gasteiger partial charge in [0.05, 0.1) is 13.2 Å². The van der Waals surface area contributed by atoms with E-state index in [9.17, 15) is 0 Å². The molecule has 3 rings (SSSR count). The molecule has 0 amide bonds. The zero-order valence-electron chi connectivity index (χ0n) is 13.0. The Kier molecular flexibility index (Phi) is 5.00. The summed E-state index contributed by atoms with van der Waals surface area (Å²) >= 11 is 0. The van der Waals surface area contributed by atoms with Gasteiger partial charge in [-0.15, -0.1) is 0 Å². The van der Waals surface area contributed by atoms with E-state index in [4.69, 9.17) is 16.2 Å². The van der Waals surface area contributed by atoms with Gasteiger partial charge >= 0.3 is 0 Å². The number of guanidine groups is 1. The fraction of sp³-hybridized carbons (Fsp3) is 0.769. The Hall–Kier alpha value is -1.83. The first-order valence-corrected chi connectivity index (χ1v) is 7.56. The lowest BCUT2D eigenvalue weighted by atomic mass is 10.0. The predicted octanol–water partition coefficient (Wildman–Crippen LogP) is -0.378. The van der Waals surface area contributed by atoms with E-state index in [1.54, 1.807) is 0 Å². The Morgan fingerprint density at radius 2 is 1.86 bits per heavy atom. The molecule has 0 saturated carbocycles. The van der Waals surface area contributed by atoms with Gasteiger partial charge < -0.3 is 21.1 Å². The molecule has 0 aromatic rings. The van der Waals surface area contributed by atoms with Gasteiger partial charge in [-0.05, 0) is 6.92 Å². The standard InChI is InChI=1S/C11H19N7O.C2H6/c1-2-18-10-7(9(13)16-18)8(12)14-11(15-10)17-3-5-19-6-4-17;1-2/h7,10H,2-6H2,1H3,(H2,13,16)(H2,12,14,15);1-2H3. The third-order valence-electron chi connectivity index (χ3n) is 3.58. The average Bonchev–Trinajstić information content (AvgIpc) is 2.87. The molecule has 1 fully saturated rings. The zero-order chi connectivity index (χ0) is 15.4. The van der Waals surface area contributed by atoms with Crippen LogP contribution in [0.2, 0.25) is 0 Å². The molecule has 8 heteroatoms. The highest BCUT2D eigenvalue weighted by atomic mass is 16.5. The summed E-state index contributed by atoms with van der Waals surface area (Å²) in [5.74, 6) is 1.48. The summed E-state index contributed by atoms with van der Waals surface area (Å²) in [6.45, 7) is 9.72. The van der Waals surface area contributed by atoms with Crippen LogP contribution >= 0.6 is 0 Å². The number of hydrogen-bond donors (Lipinski definition) is 2. The highest BCUT2D eigenvalue weighted by Gasteiger charge is 2.41. The van der Waals surface area contributed by atoms with E-state index in [1.807, 2.05) is 25.8 Å². The second-order valence-electron chi connectivity index (χ2n) is 4.74. The van der Waals surface area contributed by atoms with Crippen LogP contribution < -0.4 is 11.5 Å². The first-order chi connectivity index (χ1) is 10.2. The second-order valence-corrected chi connectivity index (χ2v) is 4.74. The predicted molar refractivity (Wildman–Crippen MR) is 84.1 cm³/mol. The lowest BCUT2D eigenvalue weighted by Crippen LogP contribution is -2.49. The van der Waals surface area contributed by atoms with Crippen molar-refractivity contribution in [1.29, 1.82) is 0 Å². The van der Waals surface area contributed by atoms with Crippen molar-refractivity contribution in [3.63, 3.8) is 0 Å². The summed E-state index contributed by atoms with van der Waals surface area (Å²) in [5, 5.41) is 6.16. The quantitative estimate of drug-likeness (QED) is 0.686. The smallest absolute Gasteiger partial charge is 0.224 e. The molecular formula is C13H25N7O. The van der Waals surface area contributed by atoms with E-state index in [0.29, 0.717) is 30.8 Å². The molecule has 2 unspecified atom stereocenters. The molecule has 0 bridgehead atoms. The zero-order valence-corrected chi connectivity index (χ0v) is 13.0. The van der Waals surface area contributed by atoms with Crippen LogP contribution in [0.25, 0.3) is 0 Å². The largest absolute Gasteiger partial charge is 0.386 e. The molecule has 0 radical (unpaired) electrons. The van der Waals surface area contributed by atoms with Crippen LogP contribution in [-0.2, 0) is 4.74 Å². The first-order valence-electron chi connectivity index (χ1n) is 7.56. The second kappa shape index (κ2) is 6.75. The van der Waals surface area contributed by atoms with Crippen molar-refractivity contribution < 1.29 is 4.74 Å². The molecule has 1 saturated heterocycles. The summed E-state index contributed by atoms with van der Waals surface area (Å²) in [6.07, 6.45) is -0.152. The fourth-order valence-electron chi connectivity index (χ4n) is 2.55. The molecule has 4 N–H and O–H groups in total. The number of hydrazone groups is 1. The molecule has 8 nitrogen and oxygen atoms in total. The highest BCUT2D eigenvalue weighted by molar-refractivity contribution is 6.11. The fourth-order valence-corrected chi connectivity index (χ4v) is 2.55. The van der Waals surface area contributed by atoms with Crippen molar-refractivity contribution in [3.05, 3.63) is 0 Å². The van der Waals surface area contributed by atoms with Gasteiger partial charge in [0.25, 0.3) is 0 Å². The van der Waals surface area contributed by atoms with Crippen molar-refractivity contribution in [3.8, 4) is 0 Å². The Morgan fingerprint density at radius 3 is 2.48 bits per heavy atom. The van der Waals surface area contributed by atoms with Gasteiger partial charge in [0.1, 0.15) is 17.6 Å². The molecule has 0 aliphatic carbocycles. The highest BCUT2D eigenvalue weighted by Crippen LogP contribution is 2.25. The number of fused-ring (bicyclic) bond motifs is 1. The number of morpholine rings is 1. The lowest BCUT2D eigenvalue weighted by Gasteiger charge is -2.32. The number of hydrogen-bond acceptors (Lipinski definition) is 8. The van der Waals surface area contributed by atoms with E-state index in [2.05, 4.69) is 20.0 Å². The van der Waals surface area contributed by atoms with E-state index < -0.39 is 0 Å². The maximum atomic E-state index is 6.05. The molecular weight excluding hydrogens is 270 g/mol. The van der Waals surface area contributed by atoms with Crippen LogP contribution in [0, 0.1) is 5.92 Å². The van der Waals surface area contributed by atoms with Gasteiger partial charge in [0.15, 0.2) is 6.17 Å². The molecule has 0 aromatic carbocycles. The third kappa shape index (κ3) is 2.94. The van der Waals surface area contributed by atoms with E-state index >= 15 is 0 Å². The Balaban J connectivity index is 0.000000774. The molecule has 118 valence electrons. The van der Waals surface area contributed by atoms with Gasteiger partial charge in [-0.1, -0.05) is 13.8 Å². The van der Waals surface area contributed by atoms with Crippen LogP contribution in [0.4, 0.5) is 0 Å². The van der Waals surface area contributed by atoms with E-state index in [-0.39, 0.29) is 12.1 Å². The minimum atomic E-state index is -0.190. The lowest BCUT2D eigenvalue weighted by molar-refractivity contribution is 0.0667. The Bertz CT molecular complexity index is 453. The van der Waals surface area contributed by atoms with E-state index in [1.165, 1.54) is 0 Å². The summed E-state index contributed by atoms with van der Waals surface area (Å²) in [6, 6.07) is 0. The number of aliphatic imine (C=N–C) groups is 2. The first kappa shape index (κ1) is 15.6. The number of nitrogens with zero attached hydrogens (tertiary/aromatic N) is 5. The van der Waals surface area contributed by atoms with Gasteiger partial charge in [-0.2, -0.15) is 10.1 Å². The van der Waals surface area contributed by atoms with Crippen LogP contribution in [0.1, 0.15) is 20.8 Å². The van der Waals surface area contributed by atoms with Crippen LogP contribution in [-0.4, -0.2) is 66.6 Å². The van der Waals surface area contributed by atoms with E-state index in [0.717, 1.165) is 19.6 Å². The molecule has 0 spiro atoms. The van der Waals surface area contributed by atoms with Gasteiger partial charge in [-0.3, -0.25) is 5.01 Å². The Morgan fingerprint density at radius 1 is 1.19 bits per heavy atom. The van der Waals surface area contributed by atoms with Crippen LogP contribution in [0.15, 0.2) is 15.1 Å². The monoisotopic (exact) mass is 295 g/mol. The summed E-state index contributed by atoms with van der Waals surface area (Å²) in [5.41, 5.74) is 12.0. The Labute approximate surface area is 125 Å². The van der Waals surface area contributed by atoms with Gasteiger partial charge in [0.2, 0.25) is 5.96 Å². The maximum Gasteiger partial charge on any atom is 0.224 e.